The summed E-state index contributed by atoms with van der Waals surface area (Å²) in [5, 5.41) is 9.01. The number of anilines is 1. The fourth-order valence-electron chi connectivity index (χ4n) is 4.30. The van der Waals surface area contributed by atoms with Gasteiger partial charge in [0.1, 0.15) is 0 Å². The van der Waals surface area contributed by atoms with Crippen molar-refractivity contribution >= 4 is 51.3 Å². The van der Waals surface area contributed by atoms with E-state index in [1.165, 1.54) is 11.1 Å². The van der Waals surface area contributed by atoms with E-state index in [4.69, 9.17) is 16.1 Å². The molecular weight excluding hydrogens is 420 g/mol. The average Bonchev–Trinajstić information content (AvgIpc) is 3.32. The van der Waals surface area contributed by atoms with Gasteiger partial charge in [-0.25, -0.2) is 4.98 Å². The number of nitrogens with zero attached hydrogens (tertiary/aromatic N) is 2. The molecule has 3 aromatic heterocycles. The van der Waals surface area contributed by atoms with Crippen molar-refractivity contribution in [1.82, 2.24) is 15.0 Å². The Kier molecular flexibility index (Phi) is 5.77. The summed E-state index contributed by atoms with van der Waals surface area (Å²) in [6, 6.07) is 7.97. The number of nitrogens with one attached hydrogen (secondary N) is 3. The van der Waals surface area contributed by atoms with Gasteiger partial charge in [-0.2, -0.15) is 0 Å². The lowest BCUT2D eigenvalue weighted by atomic mass is 10.1. The van der Waals surface area contributed by atoms with Crippen LogP contribution in [-0.2, 0) is 0 Å². The van der Waals surface area contributed by atoms with Gasteiger partial charge in [0.25, 0.3) is 0 Å². The molecule has 0 aliphatic carbocycles. The van der Waals surface area contributed by atoms with Crippen LogP contribution >= 0.6 is 0 Å². The number of allylic oxidation sites excluding steroid dienone is 2. The maximum atomic E-state index is 8.74. The number of fused-ring (bicyclic) bond motifs is 6. The van der Waals surface area contributed by atoms with Gasteiger partial charge in [0, 0.05) is 16.6 Å². The second kappa shape index (κ2) is 8.45. The SMILES string of the molecule is C=Nc1c(C)c(C)cc2[nH]c(cc3nc(cc4[nH]c(cc1=N)c(C)c4N)C(C)=C3C)c(C)c2C. The first-order valence-electron chi connectivity index (χ1n) is 11.3. The molecule has 0 atom stereocenters. The maximum Gasteiger partial charge on any atom is 0.0904 e. The molecule has 0 fully saturated rings. The zero-order valence-corrected chi connectivity index (χ0v) is 21.0. The Morgan fingerprint density at radius 2 is 1.24 bits per heavy atom. The Balaban J connectivity index is 2.28. The van der Waals surface area contributed by atoms with Crippen LogP contribution in [0.25, 0.3) is 33.2 Å². The molecule has 6 nitrogen and oxygen atoms in total. The molecule has 0 aromatic carbocycles. The number of aromatic amines is 2. The minimum Gasteiger partial charge on any atom is -0.397 e. The van der Waals surface area contributed by atoms with Gasteiger partial charge in [0.2, 0.25) is 0 Å². The van der Waals surface area contributed by atoms with E-state index in [9.17, 15) is 0 Å². The summed E-state index contributed by atoms with van der Waals surface area (Å²) >= 11 is 0. The molecule has 6 heteroatoms. The van der Waals surface area contributed by atoms with Gasteiger partial charge in [0.15, 0.2) is 0 Å². The molecule has 4 heterocycles. The lowest BCUT2D eigenvalue weighted by Gasteiger charge is -2.00. The van der Waals surface area contributed by atoms with Gasteiger partial charge in [-0.1, -0.05) is 0 Å². The Morgan fingerprint density at radius 3 is 1.82 bits per heavy atom. The van der Waals surface area contributed by atoms with Crippen molar-refractivity contribution in [3.8, 4) is 0 Å². The molecular formula is C28H32N6. The molecule has 0 spiro atoms. The van der Waals surface area contributed by atoms with E-state index in [1.807, 2.05) is 26.8 Å². The third kappa shape index (κ3) is 3.75. The van der Waals surface area contributed by atoms with Crippen LogP contribution in [0.3, 0.4) is 0 Å². The summed E-state index contributed by atoms with van der Waals surface area (Å²) in [7, 11) is 0. The minimum atomic E-state index is 0.273. The van der Waals surface area contributed by atoms with Gasteiger partial charge in [-0.05, 0) is 118 Å². The summed E-state index contributed by atoms with van der Waals surface area (Å²) in [5.74, 6) is 0. The van der Waals surface area contributed by atoms with E-state index in [0.29, 0.717) is 11.4 Å². The predicted molar refractivity (Wildman–Crippen MR) is 145 cm³/mol. The lowest BCUT2D eigenvalue weighted by molar-refractivity contribution is 1.23. The number of H-pyrrole nitrogens is 2. The quantitative estimate of drug-likeness (QED) is 0.317. The van der Waals surface area contributed by atoms with E-state index in [1.54, 1.807) is 6.07 Å². The second-order valence-corrected chi connectivity index (χ2v) is 9.13. The average molecular weight is 453 g/mol. The van der Waals surface area contributed by atoms with Crippen molar-refractivity contribution in [1.29, 1.82) is 5.41 Å². The summed E-state index contributed by atoms with van der Waals surface area (Å²) in [4.78, 5) is 16.1. The number of aliphatic imine (C=N–C) groups is 1. The third-order valence-electron chi connectivity index (χ3n) is 7.15. The van der Waals surface area contributed by atoms with Crippen LogP contribution in [-0.4, -0.2) is 21.7 Å². The monoisotopic (exact) mass is 452 g/mol. The minimum absolute atomic E-state index is 0.273. The highest BCUT2D eigenvalue weighted by atomic mass is 14.8. The van der Waals surface area contributed by atoms with Gasteiger partial charge in [-0.15, -0.1) is 0 Å². The van der Waals surface area contributed by atoms with E-state index < -0.39 is 0 Å². The normalized spacial score (nSPS) is 12.2. The van der Waals surface area contributed by atoms with Gasteiger partial charge in [0.05, 0.1) is 33.6 Å². The number of hydrogen-bond acceptors (Lipinski definition) is 4. The standard InChI is InChI=1S/C28H32N6/c1-13-9-21-15(3)16(4)23(32-21)11-24-17(5)18(6)25(33-24)12-26-27(30)19(7)22(34-26)10-20(29)28(31-8)14(13)2/h9-12,29,32,34H,8,30H2,1-7H3. The molecule has 174 valence electrons. The largest absolute Gasteiger partial charge is 0.397 e. The van der Waals surface area contributed by atoms with Crippen molar-refractivity contribution in [3.63, 3.8) is 0 Å². The Hall–Kier alpha value is -3.93. The summed E-state index contributed by atoms with van der Waals surface area (Å²) in [5.41, 5.74) is 20.5. The second-order valence-electron chi connectivity index (χ2n) is 9.13. The molecule has 0 radical (unpaired) electrons. The molecule has 0 saturated heterocycles. The number of nitrogens with two attached hydrogens (primary N) is 1. The van der Waals surface area contributed by atoms with Crippen LogP contribution in [0.1, 0.15) is 53.1 Å². The summed E-state index contributed by atoms with van der Waals surface area (Å²) in [6.07, 6.45) is 0. The first-order chi connectivity index (χ1) is 16.0. The van der Waals surface area contributed by atoms with E-state index >= 15 is 0 Å². The maximum absolute atomic E-state index is 8.74. The smallest absolute Gasteiger partial charge is 0.0904 e. The summed E-state index contributed by atoms with van der Waals surface area (Å²) in [6.45, 7) is 18.1. The highest BCUT2D eigenvalue weighted by molar-refractivity contribution is 5.93. The van der Waals surface area contributed by atoms with Gasteiger partial charge < -0.3 is 15.7 Å². The number of aryl methyl sites for hydroxylation is 4. The van der Waals surface area contributed by atoms with Crippen molar-refractivity contribution < 1.29 is 0 Å². The fraction of sp³-hybridized carbons (Fsp3) is 0.250. The summed E-state index contributed by atoms with van der Waals surface area (Å²) < 4.78 is 0. The molecule has 0 unspecified atom stereocenters. The zero-order valence-electron chi connectivity index (χ0n) is 21.0. The first kappa shape index (κ1) is 23.2. The molecule has 3 aromatic rings. The molecule has 1 aliphatic heterocycles. The Bertz CT molecular complexity index is 1610. The van der Waals surface area contributed by atoms with Crippen LogP contribution in [0.15, 0.2) is 29.3 Å². The Labute approximate surface area is 199 Å². The van der Waals surface area contributed by atoms with Gasteiger partial charge in [-0.3, -0.25) is 10.4 Å². The lowest BCUT2D eigenvalue weighted by Crippen LogP contribution is -1.98. The Morgan fingerprint density at radius 1 is 0.735 bits per heavy atom. The van der Waals surface area contributed by atoms with Crippen LogP contribution in [0.2, 0.25) is 0 Å². The third-order valence-corrected chi connectivity index (χ3v) is 7.15. The fourth-order valence-corrected chi connectivity index (χ4v) is 4.30. The predicted octanol–water partition coefficient (Wildman–Crippen LogP) is 6.49. The topological polar surface area (TPSA) is 107 Å². The molecule has 0 saturated carbocycles. The number of aromatic nitrogens is 3. The van der Waals surface area contributed by atoms with E-state index in [2.05, 4.69) is 61.5 Å². The number of hydrogen-bond donors (Lipinski definition) is 4. The first-order valence-corrected chi connectivity index (χ1v) is 11.3. The molecule has 34 heavy (non-hydrogen) atoms. The van der Waals surface area contributed by atoms with Crippen molar-refractivity contribution in [2.45, 2.75) is 48.5 Å². The van der Waals surface area contributed by atoms with Crippen molar-refractivity contribution in [2.24, 2.45) is 4.99 Å². The van der Waals surface area contributed by atoms with E-state index in [0.717, 1.165) is 61.3 Å². The van der Waals surface area contributed by atoms with Crippen molar-refractivity contribution in [3.05, 3.63) is 68.8 Å². The molecule has 6 bridgehead atoms. The number of rotatable bonds is 1. The van der Waals surface area contributed by atoms with Crippen molar-refractivity contribution in [2.75, 3.05) is 5.73 Å². The van der Waals surface area contributed by atoms with Crippen LogP contribution in [0.4, 0.5) is 11.4 Å². The zero-order chi connectivity index (χ0) is 24.9. The number of nitrogen functional groups attached to an aromatic ring is 1. The van der Waals surface area contributed by atoms with Crippen LogP contribution in [0.5, 0.6) is 0 Å². The van der Waals surface area contributed by atoms with Gasteiger partial charge >= 0.3 is 0 Å². The molecule has 4 rings (SSSR count). The molecule has 1 aliphatic rings. The van der Waals surface area contributed by atoms with E-state index in [-0.39, 0.29) is 5.36 Å². The van der Waals surface area contributed by atoms with Crippen LogP contribution < -0.4 is 11.1 Å². The van der Waals surface area contributed by atoms with Crippen LogP contribution in [0, 0.1) is 40.0 Å². The highest BCUT2D eigenvalue weighted by Crippen LogP contribution is 2.31. The molecule has 0 amide bonds. The molecule has 5 N–H and O–H groups in total. The highest BCUT2D eigenvalue weighted by Gasteiger charge is 2.14.